The summed E-state index contributed by atoms with van der Waals surface area (Å²) >= 11 is 0. The van der Waals surface area contributed by atoms with Gasteiger partial charge in [-0.15, -0.1) is 0 Å². The number of ether oxygens (including phenoxy) is 1. The SMILES string of the molecule is N#CC1=C(N)OC2=C(C(=O)C[C@@H](c3ccccc3)C2)[C@H]1c1ccccc1F. The highest BCUT2D eigenvalue weighted by atomic mass is 19.1. The van der Waals surface area contributed by atoms with E-state index in [1.165, 1.54) is 6.07 Å². The largest absolute Gasteiger partial charge is 0.444 e. The average molecular weight is 360 g/mol. The number of nitrogens with two attached hydrogens (primary N) is 1. The summed E-state index contributed by atoms with van der Waals surface area (Å²) in [6.07, 6.45) is 0.769. The van der Waals surface area contributed by atoms with Gasteiger partial charge in [0.15, 0.2) is 5.78 Å². The van der Waals surface area contributed by atoms with Gasteiger partial charge in [0.05, 0.1) is 5.92 Å². The fraction of sp³-hybridized carbons (Fsp3) is 0.182. The molecule has 0 saturated heterocycles. The van der Waals surface area contributed by atoms with Gasteiger partial charge in [-0.2, -0.15) is 5.26 Å². The smallest absolute Gasteiger partial charge is 0.205 e. The second-order valence-electron chi connectivity index (χ2n) is 6.72. The average Bonchev–Trinajstić information content (AvgIpc) is 2.68. The number of ketones is 1. The van der Waals surface area contributed by atoms with Crippen molar-refractivity contribution >= 4 is 5.78 Å². The van der Waals surface area contributed by atoms with Crippen molar-refractivity contribution in [2.75, 3.05) is 0 Å². The van der Waals surface area contributed by atoms with Crippen LogP contribution in [0.4, 0.5) is 4.39 Å². The third-order valence-electron chi connectivity index (χ3n) is 5.15. The van der Waals surface area contributed by atoms with E-state index in [-0.39, 0.29) is 35.1 Å². The zero-order valence-electron chi connectivity index (χ0n) is 14.5. The van der Waals surface area contributed by atoms with Crippen LogP contribution in [0, 0.1) is 17.1 Å². The highest BCUT2D eigenvalue weighted by Gasteiger charge is 2.41. The lowest BCUT2D eigenvalue weighted by molar-refractivity contribution is -0.117. The molecule has 4 nitrogen and oxygen atoms in total. The minimum Gasteiger partial charge on any atom is -0.444 e. The number of benzene rings is 2. The Morgan fingerprint density at radius 3 is 2.48 bits per heavy atom. The summed E-state index contributed by atoms with van der Waals surface area (Å²) < 4.78 is 20.2. The van der Waals surface area contributed by atoms with E-state index in [0.717, 1.165) is 5.56 Å². The topological polar surface area (TPSA) is 76.1 Å². The summed E-state index contributed by atoms with van der Waals surface area (Å²) in [6, 6.07) is 17.9. The molecule has 2 aromatic carbocycles. The molecule has 2 aromatic rings. The molecule has 0 fully saturated rings. The van der Waals surface area contributed by atoms with E-state index in [1.807, 2.05) is 36.4 Å². The number of nitriles is 1. The molecule has 5 heteroatoms. The van der Waals surface area contributed by atoms with Crippen LogP contribution in [0.25, 0.3) is 0 Å². The Hall–Kier alpha value is -3.39. The minimum atomic E-state index is -0.829. The first-order valence-electron chi connectivity index (χ1n) is 8.73. The molecule has 0 amide bonds. The maximum absolute atomic E-state index is 14.5. The molecule has 0 radical (unpaired) electrons. The van der Waals surface area contributed by atoms with Crippen LogP contribution >= 0.6 is 0 Å². The molecular weight excluding hydrogens is 343 g/mol. The van der Waals surface area contributed by atoms with Gasteiger partial charge in [0.1, 0.15) is 23.2 Å². The van der Waals surface area contributed by atoms with Crippen molar-refractivity contribution in [1.29, 1.82) is 5.26 Å². The zero-order valence-corrected chi connectivity index (χ0v) is 14.5. The fourth-order valence-corrected chi connectivity index (χ4v) is 3.89. The van der Waals surface area contributed by atoms with Gasteiger partial charge in [-0.05, 0) is 17.5 Å². The molecule has 0 aromatic heterocycles. The van der Waals surface area contributed by atoms with Crippen LogP contribution in [-0.2, 0) is 9.53 Å². The Morgan fingerprint density at radius 2 is 1.78 bits per heavy atom. The first kappa shape index (κ1) is 17.0. The number of allylic oxidation sites excluding steroid dienone is 3. The summed E-state index contributed by atoms with van der Waals surface area (Å²) in [6.45, 7) is 0. The molecule has 4 rings (SSSR count). The Morgan fingerprint density at radius 1 is 1.07 bits per heavy atom. The van der Waals surface area contributed by atoms with Crippen molar-refractivity contribution in [3.63, 3.8) is 0 Å². The molecule has 2 N–H and O–H groups in total. The first-order valence-corrected chi connectivity index (χ1v) is 8.73. The predicted octanol–water partition coefficient (Wildman–Crippen LogP) is 4.03. The Labute approximate surface area is 156 Å². The van der Waals surface area contributed by atoms with Gasteiger partial charge in [-0.25, -0.2) is 4.39 Å². The van der Waals surface area contributed by atoms with Crippen LogP contribution in [-0.4, -0.2) is 5.78 Å². The third-order valence-corrected chi connectivity index (χ3v) is 5.15. The second-order valence-corrected chi connectivity index (χ2v) is 6.72. The molecule has 1 aliphatic carbocycles. The third kappa shape index (κ3) is 2.89. The van der Waals surface area contributed by atoms with Crippen LogP contribution in [0.2, 0.25) is 0 Å². The highest BCUT2D eigenvalue weighted by Crippen LogP contribution is 2.47. The Bertz CT molecular complexity index is 1020. The van der Waals surface area contributed by atoms with Crippen LogP contribution in [0.3, 0.4) is 0 Å². The van der Waals surface area contributed by atoms with E-state index in [2.05, 4.69) is 0 Å². The van der Waals surface area contributed by atoms with E-state index < -0.39 is 11.7 Å². The number of Topliss-reactive ketones (excluding diaryl/α,β-unsaturated/α-hetero) is 1. The van der Waals surface area contributed by atoms with Gasteiger partial charge >= 0.3 is 0 Å². The van der Waals surface area contributed by atoms with Gasteiger partial charge in [-0.1, -0.05) is 48.5 Å². The van der Waals surface area contributed by atoms with Crippen LogP contribution in [0.1, 0.15) is 35.8 Å². The van der Waals surface area contributed by atoms with Gasteiger partial charge < -0.3 is 10.5 Å². The van der Waals surface area contributed by atoms with Gasteiger partial charge in [0.2, 0.25) is 5.88 Å². The van der Waals surface area contributed by atoms with E-state index in [1.54, 1.807) is 18.2 Å². The lowest BCUT2D eigenvalue weighted by Crippen LogP contribution is -2.30. The van der Waals surface area contributed by atoms with Crippen molar-refractivity contribution in [2.45, 2.75) is 24.7 Å². The van der Waals surface area contributed by atoms with E-state index in [9.17, 15) is 14.4 Å². The number of rotatable bonds is 2. The second kappa shape index (κ2) is 6.73. The van der Waals surface area contributed by atoms with Gasteiger partial charge in [-0.3, -0.25) is 4.79 Å². The molecule has 0 unspecified atom stereocenters. The molecule has 2 atom stereocenters. The van der Waals surface area contributed by atoms with Crippen LogP contribution in [0.5, 0.6) is 0 Å². The quantitative estimate of drug-likeness (QED) is 0.877. The normalized spacial score (nSPS) is 22.1. The van der Waals surface area contributed by atoms with E-state index >= 15 is 0 Å². The number of carbonyl (C=O) groups excluding carboxylic acids is 1. The van der Waals surface area contributed by atoms with Gasteiger partial charge in [0.25, 0.3) is 0 Å². The van der Waals surface area contributed by atoms with Crippen molar-refractivity contribution in [3.05, 3.63) is 94.3 Å². The lowest BCUT2D eigenvalue weighted by atomic mass is 9.73. The molecule has 134 valence electrons. The van der Waals surface area contributed by atoms with Crippen molar-refractivity contribution in [2.24, 2.45) is 5.73 Å². The number of hydrogen-bond acceptors (Lipinski definition) is 4. The maximum Gasteiger partial charge on any atom is 0.205 e. The fourth-order valence-electron chi connectivity index (χ4n) is 3.89. The molecule has 27 heavy (non-hydrogen) atoms. The van der Waals surface area contributed by atoms with E-state index in [0.29, 0.717) is 17.8 Å². The zero-order chi connectivity index (χ0) is 19.0. The summed E-state index contributed by atoms with van der Waals surface area (Å²) in [5, 5.41) is 9.57. The molecule has 0 saturated carbocycles. The summed E-state index contributed by atoms with van der Waals surface area (Å²) in [5.41, 5.74) is 7.69. The molecular formula is C22H17FN2O2. The number of carbonyl (C=O) groups is 1. The number of halogens is 1. The summed E-state index contributed by atoms with van der Waals surface area (Å²) in [7, 11) is 0. The van der Waals surface area contributed by atoms with Crippen LogP contribution < -0.4 is 5.73 Å². The maximum atomic E-state index is 14.5. The Kier molecular flexibility index (Phi) is 4.25. The summed E-state index contributed by atoms with van der Waals surface area (Å²) in [5.74, 6) is -1.11. The molecule has 2 aliphatic rings. The number of nitrogens with zero attached hydrogens (tertiary/aromatic N) is 1. The molecule has 1 heterocycles. The van der Waals surface area contributed by atoms with Crippen LogP contribution in [0.15, 0.2) is 77.4 Å². The van der Waals surface area contributed by atoms with Crippen molar-refractivity contribution < 1.29 is 13.9 Å². The molecule has 0 spiro atoms. The lowest BCUT2D eigenvalue weighted by Gasteiger charge is -2.34. The standard InChI is InChI=1S/C22H17FN2O2/c23-17-9-5-4-8-15(17)20-16(12-24)22(25)27-19-11-14(10-18(26)21(19)20)13-6-2-1-3-7-13/h1-9,14,20H,10-11,25H2/t14-,20+/m1/s1. The molecule has 1 aliphatic heterocycles. The van der Waals surface area contributed by atoms with Crippen molar-refractivity contribution in [1.82, 2.24) is 0 Å². The summed E-state index contributed by atoms with van der Waals surface area (Å²) in [4.78, 5) is 13.0. The van der Waals surface area contributed by atoms with Gasteiger partial charge in [0, 0.05) is 24.0 Å². The van der Waals surface area contributed by atoms with Crippen molar-refractivity contribution in [3.8, 4) is 6.07 Å². The highest BCUT2D eigenvalue weighted by molar-refractivity contribution is 6.00. The first-order chi connectivity index (χ1) is 13.1. The minimum absolute atomic E-state index is 0.0323. The number of hydrogen-bond donors (Lipinski definition) is 1. The van der Waals surface area contributed by atoms with E-state index in [4.69, 9.17) is 10.5 Å². The monoisotopic (exact) mass is 360 g/mol. The Balaban J connectivity index is 1.82. The predicted molar refractivity (Wildman–Crippen MR) is 97.5 cm³/mol. The molecule has 0 bridgehead atoms.